The molecule has 1 unspecified atom stereocenters. The third-order valence-corrected chi connectivity index (χ3v) is 4.40. The van der Waals surface area contributed by atoms with Gasteiger partial charge in [-0.05, 0) is 57.0 Å². The van der Waals surface area contributed by atoms with Gasteiger partial charge in [0.1, 0.15) is 5.75 Å². The van der Waals surface area contributed by atoms with Crippen molar-refractivity contribution in [1.82, 2.24) is 5.32 Å². The van der Waals surface area contributed by atoms with E-state index < -0.39 is 0 Å². The molecule has 0 saturated carbocycles. The maximum atomic E-state index is 12.7. The standard InChI is InChI=1S/C22H26N2O4/c1-15(2)28-20-11-4-3-10-19(20)24-22(26)17-8-5-7-16(13-17)21(25)23-14-18-9-6-12-27-18/h3-5,7-8,10-11,13,15,18H,6,9,12,14H2,1-2H3,(H,23,25)(H,24,26). The number of hydrogen-bond acceptors (Lipinski definition) is 4. The lowest BCUT2D eigenvalue weighted by Gasteiger charge is -2.15. The Morgan fingerprint density at radius 2 is 1.86 bits per heavy atom. The number of hydrogen-bond donors (Lipinski definition) is 2. The maximum absolute atomic E-state index is 12.7. The lowest BCUT2D eigenvalue weighted by molar-refractivity contribution is 0.0858. The van der Waals surface area contributed by atoms with Gasteiger partial charge in [0.05, 0.1) is 17.9 Å². The van der Waals surface area contributed by atoms with E-state index >= 15 is 0 Å². The molecule has 1 saturated heterocycles. The molecule has 1 fully saturated rings. The molecule has 2 amide bonds. The van der Waals surface area contributed by atoms with Crippen LogP contribution in [0.5, 0.6) is 5.75 Å². The highest BCUT2D eigenvalue weighted by Gasteiger charge is 2.17. The highest BCUT2D eigenvalue weighted by Crippen LogP contribution is 2.25. The number of amides is 2. The molecule has 6 nitrogen and oxygen atoms in total. The van der Waals surface area contributed by atoms with E-state index in [9.17, 15) is 9.59 Å². The molecule has 2 N–H and O–H groups in total. The molecule has 2 aromatic carbocycles. The van der Waals surface area contributed by atoms with Gasteiger partial charge in [-0.1, -0.05) is 18.2 Å². The van der Waals surface area contributed by atoms with Crippen LogP contribution in [-0.2, 0) is 4.74 Å². The zero-order chi connectivity index (χ0) is 19.9. The zero-order valence-electron chi connectivity index (χ0n) is 16.2. The van der Waals surface area contributed by atoms with E-state index in [1.165, 1.54) is 0 Å². The highest BCUT2D eigenvalue weighted by molar-refractivity contribution is 6.06. The molecule has 28 heavy (non-hydrogen) atoms. The normalized spacial score (nSPS) is 16.0. The van der Waals surface area contributed by atoms with Crippen molar-refractivity contribution >= 4 is 17.5 Å². The second-order valence-electron chi connectivity index (χ2n) is 7.04. The third kappa shape index (κ3) is 5.33. The predicted molar refractivity (Wildman–Crippen MR) is 108 cm³/mol. The molecule has 3 rings (SSSR count). The summed E-state index contributed by atoms with van der Waals surface area (Å²) in [6.07, 6.45) is 2.06. The van der Waals surface area contributed by atoms with Crippen molar-refractivity contribution in [3.8, 4) is 5.75 Å². The molecule has 0 radical (unpaired) electrons. The van der Waals surface area contributed by atoms with E-state index in [0.29, 0.717) is 29.1 Å². The first-order chi connectivity index (χ1) is 13.5. The molecule has 1 aliphatic heterocycles. The maximum Gasteiger partial charge on any atom is 0.255 e. The first kappa shape index (κ1) is 19.9. The van der Waals surface area contributed by atoms with Crippen LogP contribution in [0.15, 0.2) is 48.5 Å². The van der Waals surface area contributed by atoms with Gasteiger partial charge in [-0.25, -0.2) is 0 Å². The Morgan fingerprint density at radius 1 is 1.11 bits per heavy atom. The van der Waals surface area contributed by atoms with Crippen LogP contribution in [0.25, 0.3) is 0 Å². The quantitative estimate of drug-likeness (QED) is 0.767. The summed E-state index contributed by atoms with van der Waals surface area (Å²) >= 11 is 0. The van der Waals surface area contributed by atoms with E-state index in [1.807, 2.05) is 32.0 Å². The monoisotopic (exact) mass is 382 g/mol. The largest absolute Gasteiger partial charge is 0.489 e. The topological polar surface area (TPSA) is 76.7 Å². The Morgan fingerprint density at radius 3 is 2.57 bits per heavy atom. The van der Waals surface area contributed by atoms with Gasteiger partial charge < -0.3 is 20.1 Å². The average molecular weight is 382 g/mol. The van der Waals surface area contributed by atoms with Crippen molar-refractivity contribution < 1.29 is 19.1 Å². The Kier molecular flexibility index (Phi) is 6.66. The molecule has 6 heteroatoms. The van der Waals surface area contributed by atoms with E-state index in [2.05, 4.69) is 10.6 Å². The first-order valence-electron chi connectivity index (χ1n) is 9.60. The summed E-state index contributed by atoms with van der Waals surface area (Å²) in [6, 6.07) is 13.9. The average Bonchev–Trinajstić information content (AvgIpc) is 3.21. The Balaban J connectivity index is 1.66. The van der Waals surface area contributed by atoms with Crippen LogP contribution in [0.4, 0.5) is 5.69 Å². The number of nitrogens with one attached hydrogen (secondary N) is 2. The summed E-state index contributed by atoms with van der Waals surface area (Å²) in [5.41, 5.74) is 1.44. The second kappa shape index (κ2) is 9.37. The summed E-state index contributed by atoms with van der Waals surface area (Å²) in [5.74, 6) is 0.0959. The highest BCUT2D eigenvalue weighted by atomic mass is 16.5. The van der Waals surface area contributed by atoms with Gasteiger partial charge >= 0.3 is 0 Å². The lowest BCUT2D eigenvalue weighted by Crippen LogP contribution is -2.31. The Bertz CT molecular complexity index is 829. The minimum atomic E-state index is -0.298. The van der Waals surface area contributed by atoms with Crippen molar-refractivity contribution in [2.45, 2.75) is 38.9 Å². The molecule has 0 bridgehead atoms. The molecule has 1 aliphatic rings. The van der Waals surface area contributed by atoms with Gasteiger partial charge in [0.2, 0.25) is 0 Å². The number of benzene rings is 2. The summed E-state index contributed by atoms with van der Waals surface area (Å²) < 4.78 is 11.2. The summed E-state index contributed by atoms with van der Waals surface area (Å²) in [7, 11) is 0. The molecule has 0 spiro atoms. The number of rotatable bonds is 7. The molecular weight excluding hydrogens is 356 g/mol. The minimum Gasteiger partial charge on any atom is -0.489 e. The van der Waals surface area contributed by atoms with Gasteiger partial charge in [-0.2, -0.15) is 0 Å². The summed E-state index contributed by atoms with van der Waals surface area (Å²) in [5, 5.41) is 5.73. The molecule has 1 atom stereocenters. The van der Waals surface area contributed by atoms with Crippen LogP contribution in [-0.4, -0.2) is 37.2 Å². The van der Waals surface area contributed by atoms with Crippen LogP contribution in [0.3, 0.4) is 0 Å². The third-order valence-electron chi connectivity index (χ3n) is 4.40. The molecule has 2 aromatic rings. The second-order valence-corrected chi connectivity index (χ2v) is 7.04. The van der Waals surface area contributed by atoms with Gasteiger partial charge in [-0.3, -0.25) is 9.59 Å². The van der Waals surface area contributed by atoms with Gasteiger partial charge in [0.25, 0.3) is 11.8 Å². The van der Waals surface area contributed by atoms with Crippen LogP contribution < -0.4 is 15.4 Å². The fraction of sp³-hybridized carbons (Fsp3) is 0.364. The fourth-order valence-electron chi connectivity index (χ4n) is 3.04. The molecule has 0 aliphatic carbocycles. The van der Waals surface area contributed by atoms with Crippen molar-refractivity contribution in [3.05, 3.63) is 59.7 Å². The van der Waals surface area contributed by atoms with Crippen molar-refractivity contribution in [3.63, 3.8) is 0 Å². The number of carbonyl (C=O) groups is 2. The van der Waals surface area contributed by atoms with Crippen LogP contribution in [0.1, 0.15) is 47.4 Å². The first-order valence-corrected chi connectivity index (χ1v) is 9.60. The summed E-state index contributed by atoms with van der Waals surface area (Å²) in [4.78, 5) is 25.1. The van der Waals surface area contributed by atoms with E-state index in [-0.39, 0.29) is 24.0 Å². The van der Waals surface area contributed by atoms with Crippen molar-refractivity contribution in [1.29, 1.82) is 0 Å². The van der Waals surface area contributed by atoms with E-state index in [1.54, 1.807) is 30.3 Å². The number of anilines is 1. The van der Waals surface area contributed by atoms with E-state index in [0.717, 1.165) is 19.4 Å². The number of para-hydroxylation sites is 2. The molecule has 148 valence electrons. The number of ether oxygens (including phenoxy) is 2. The minimum absolute atomic E-state index is 0.00563. The lowest BCUT2D eigenvalue weighted by atomic mass is 10.1. The molecular formula is C22H26N2O4. The molecule has 1 heterocycles. The zero-order valence-corrected chi connectivity index (χ0v) is 16.2. The van der Waals surface area contributed by atoms with Crippen molar-refractivity contribution in [2.75, 3.05) is 18.5 Å². The van der Waals surface area contributed by atoms with Crippen LogP contribution in [0.2, 0.25) is 0 Å². The Labute approximate surface area is 165 Å². The predicted octanol–water partition coefficient (Wildman–Crippen LogP) is 3.63. The van der Waals surface area contributed by atoms with Gasteiger partial charge in [0.15, 0.2) is 0 Å². The van der Waals surface area contributed by atoms with Crippen molar-refractivity contribution in [2.24, 2.45) is 0 Å². The fourth-order valence-corrected chi connectivity index (χ4v) is 3.04. The van der Waals surface area contributed by atoms with Crippen LogP contribution in [0, 0.1) is 0 Å². The van der Waals surface area contributed by atoms with E-state index in [4.69, 9.17) is 9.47 Å². The smallest absolute Gasteiger partial charge is 0.255 e. The van der Waals surface area contributed by atoms with Crippen LogP contribution >= 0.6 is 0 Å². The van der Waals surface area contributed by atoms with Gasteiger partial charge in [-0.15, -0.1) is 0 Å². The van der Waals surface area contributed by atoms with Gasteiger partial charge in [0, 0.05) is 24.3 Å². The SMILES string of the molecule is CC(C)Oc1ccccc1NC(=O)c1cccc(C(=O)NCC2CCCO2)c1. The Hall–Kier alpha value is -2.86. The summed E-state index contributed by atoms with van der Waals surface area (Å²) in [6.45, 7) is 5.09. The number of carbonyl (C=O) groups excluding carboxylic acids is 2. The molecule has 0 aromatic heterocycles.